The van der Waals surface area contributed by atoms with Crippen LogP contribution in [0.2, 0.25) is 5.02 Å². The Kier molecular flexibility index (Phi) is 6.51. The van der Waals surface area contributed by atoms with Gasteiger partial charge in [0.25, 0.3) is 0 Å². The first-order valence-electron chi connectivity index (χ1n) is 11.0. The number of rotatable bonds is 4. The summed E-state index contributed by atoms with van der Waals surface area (Å²) in [6.07, 6.45) is 6.92. The zero-order valence-corrected chi connectivity index (χ0v) is 19.4. The minimum absolute atomic E-state index is 0.122. The predicted molar refractivity (Wildman–Crippen MR) is 127 cm³/mol. The molecule has 2 aromatic heterocycles. The van der Waals surface area contributed by atoms with Crippen LogP contribution in [-0.2, 0) is 4.74 Å². The molecule has 3 aromatic rings. The van der Waals surface area contributed by atoms with E-state index in [1.54, 1.807) is 12.4 Å². The second-order valence-electron chi connectivity index (χ2n) is 9.27. The number of ether oxygens (including phenoxy) is 1. The number of aromatic nitrogens is 3. The summed E-state index contributed by atoms with van der Waals surface area (Å²) in [5, 5.41) is 11.7. The van der Waals surface area contributed by atoms with E-state index in [9.17, 15) is 4.79 Å². The lowest BCUT2D eigenvalue weighted by molar-refractivity contribution is 0.0491. The number of H-pyrrole nitrogens is 1. The maximum atomic E-state index is 12.1. The predicted octanol–water partition coefficient (Wildman–Crippen LogP) is 6.34. The lowest BCUT2D eigenvalue weighted by atomic mass is 9.81. The van der Waals surface area contributed by atoms with Crippen molar-refractivity contribution in [1.29, 1.82) is 0 Å². The Hall–Kier alpha value is -2.86. The van der Waals surface area contributed by atoms with Crippen LogP contribution in [0.25, 0.3) is 22.4 Å². The minimum Gasteiger partial charge on any atom is -0.444 e. The van der Waals surface area contributed by atoms with Crippen molar-refractivity contribution in [2.24, 2.45) is 0 Å². The number of amides is 1. The quantitative estimate of drug-likeness (QED) is 0.483. The number of nitrogens with one attached hydrogen (secondary N) is 2. The third-order valence-electron chi connectivity index (χ3n) is 5.75. The molecule has 1 amide bonds. The highest BCUT2D eigenvalue weighted by Crippen LogP contribution is 2.42. The topological polar surface area (TPSA) is 79.9 Å². The zero-order valence-electron chi connectivity index (χ0n) is 18.7. The summed E-state index contributed by atoms with van der Waals surface area (Å²) in [5.74, 6) is 0.318. The summed E-state index contributed by atoms with van der Waals surface area (Å²) in [5.41, 5.74) is 4.51. The molecule has 32 heavy (non-hydrogen) atoms. The molecule has 1 aromatic carbocycles. The Bertz CT molecular complexity index is 1070. The monoisotopic (exact) mass is 452 g/mol. The summed E-state index contributed by atoms with van der Waals surface area (Å²) in [6.45, 7) is 5.62. The lowest BCUT2D eigenvalue weighted by Gasteiger charge is -2.30. The molecule has 2 heterocycles. The van der Waals surface area contributed by atoms with Gasteiger partial charge in [0.1, 0.15) is 11.3 Å². The van der Waals surface area contributed by atoms with Crippen molar-refractivity contribution >= 4 is 17.7 Å². The lowest BCUT2D eigenvalue weighted by Crippen LogP contribution is -2.40. The van der Waals surface area contributed by atoms with Gasteiger partial charge in [-0.15, -0.1) is 0 Å². The first-order valence-corrected chi connectivity index (χ1v) is 11.4. The number of carbonyl (C=O) groups excluding carboxylic acids is 1. The van der Waals surface area contributed by atoms with E-state index in [1.165, 1.54) is 0 Å². The number of alkyl carbamates (subject to hydrolysis) is 1. The summed E-state index contributed by atoms with van der Waals surface area (Å²) in [7, 11) is 0. The fourth-order valence-electron chi connectivity index (χ4n) is 4.31. The van der Waals surface area contributed by atoms with E-state index in [4.69, 9.17) is 16.3 Å². The average molecular weight is 453 g/mol. The van der Waals surface area contributed by atoms with Gasteiger partial charge in [0.15, 0.2) is 0 Å². The first kappa shape index (κ1) is 22.3. The molecule has 1 aliphatic rings. The summed E-state index contributed by atoms with van der Waals surface area (Å²) < 4.78 is 5.41. The highest BCUT2D eigenvalue weighted by molar-refractivity contribution is 6.33. The SMILES string of the molecule is CC(C)(C)OC(=O)N[C@H]1CC[C@H](c2[nH]nc(-c3ccccc3Cl)c2-c2ccncc2)CC1. The van der Waals surface area contributed by atoms with Crippen LogP contribution in [0.3, 0.4) is 0 Å². The molecule has 0 spiro atoms. The Morgan fingerprint density at radius 1 is 1.09 bits per heavy atom. The van der Waals surface area contributed by atoms with E-state index >= 15 is 0 Å². The molecule has 0 atom stereocenters. The number of pyridine rings is 1. The number of carbonyl (C=O) groups is 1. The molecular weight excluding hydrogens is 424 g/mol. The van der Waals surface area contributed by atoms with E-state index in [0.29, 0.717) is 10.9 Å². The highest BCUT2D eigenvalue weighted by Gasteiger charge is 2.29. The third kappa shape index (κ3) is 5.13. The Balaban J connectivity index is 1.56. The zero-order chi connectivity index (χ0) is 22.7. The number of hydrogen-bond acceptors (Lipinski definition) is 4. The number of hydrogen-bond donors (Lipinski definition) is 2. The van der Waals surface area contributed by atoms with Crippen molar-refractivity contribution in [2.75, 3.05) is 0 Å². The molecule has 0 saturated heterocycles. The van der Waals surface area contributed by atoms with Crippen molar-refractivity contribution in [3.8, 4) is 22.4 Å². The van der Waals surface area contributed by atoms with E-state index in [0.717, 1.165) is 53.8 Å². The van der Waals surface area contributed by atoms with E-state index < -0.39 is 5.60 Å². The van der Waals surface area contributed by atoms with Gasteiger partial charge in [-0.25, -0.2) is 4.79 Å². The number of halogens is 1. The molecule has 1 aliphatic carbocycles. The van der Waals surface area contributed by atoms with Gasteiger partial charge in [0, 0.05) is 41.2 Å². The second-order valence-corrected chi connectivity index (χ2v) is 9.68. The maximum Gasteiger partial charge on any atom is 0.407 e. The van der Waals surface area contributed by atoms with Crippen LogP contribution in [0.5, 0.6) is 0 Å². The van der Waals surface area contributed by atoms with Crippen LogP contribution in [0.1, 0.15) is 58.1 Å². The van der Waals surface area contributed by atoms with Gasteiger partial charge < -0.3 is 10.1 Å². The van der Waals surface area contributed by atoms with E-state index in [-0.39, 0.29) is 12.1 Å². The Morgan fingerprint density at radius 2 is 1.78 bits per heavy atom. The molecule has 1 saturated carbocycles. The van der Waals surface area contributed by atoms with Gasteiger partial charge in [-0.1, -0.05) is 29.8 Å². The molecule has 0 aliphatic heterocycles. The Labute approximate surface area is 193 Å². The van der Waals surface area contributed by atoms with Crippen LogP contribution < -0.4 is 5.32 Å². The fraction of sp³-hybridized carbons (Fsp3) is 0.400. The van der Waals surface area contributed by atoms with Gasteiger partial charge in [-0.2, -0.15) is 5.10 Å². The average Bonchev–Trinajstić information content (AvgIpc) is 3.19. The van der Waals surface area contributed by atoms with Gasteiger partial charge in [-0.05, 0) is 70.2 Å². The van der Waals surface area contributed by atoms with Crippen molar-refractivity contribution < 1.29 is 9.53 Å². The largest absolute Gasteiger partial charge is 0.444 e. The number of aromatic amines is 1. The summed E-state index contributed by atoms with van der Waals surface area (Å²) in [6, 6.07) is 11.9. The van der Waals surface area contributed by atoms with Crippen molar-refractivity contribution in [3.63, 3.8) is 0 Å². The van der Waals surface area contributed by atoms with Gasteiger partial charge >= 0.3 is 6.09 Å². The van der Waals surface area contributed by atoms with Gasteiger partial charge in [0.2, 0.25) is 0 Å². The number of benzene rings is 1. The Morgan fingerprint density at radius 3 is 2.44 bits per heavy atom. The molecule has 4 rings (SSSR count). The normalized spacial score (nSPS) is 18.9. The van der Waals surface area contributed by atoms with Crippen LogP contribution in [0.15, 0.2) is 48.8 Å². The maximum absolute atomic E-state index is 12.1. The van der Waals surface area contributed by atoms with Crippen molar-refractivity contribution in [1.82, 2.24) is 20.5 Å². The summed E-state index contributed by atoms with van der Waals surface area (Å²) >= 11 is 6.51. The second kappa shape index (κ2) is 9.33. The molecule has 2 N–H and O–H groups in total. The molecule has 0 unspecified atom stereocenters. The molecule has 7 heteroatoms. The standard InChI is InChI=1S/C25H29ClN4O2/c1-25(2,3)32-24(31)28-18-10-8-17(9-11-18)22-21(16-12-14-27-15-13-16)23(30-29-22)19-6-4-5-7-20(19)26/h4-7,12-15,17-18H,8-11H2,1-3H3,(H,28,31)(H,29,30)/t17-,18-. The molecule has 0 radical (unpaired) electrons. The van der Waals surface area contributed by atoms with Crippen molar-refractivity contribution in [2.45, 2.75) is 64.0 Å². The summed E-state index contributed by atoms with van der Waals surface area (Å²) in [4.78, 5) is 16.3. The molecule has 1 fully saturated rings. The molecular formula is C25H29ClN4O2. The smallest absolute Gasteiger partial charge is 0.407 e. The molecule has 168 valence electrons. The highest BCUT2D eigenvalue weighted by atomic mass is 35.5. The van der Waals surface area contributed by atoms with Crippen molar-refractivity contribution in [3.05, 3.63) is 59.5 Å². The van der Waals surface area contributed by atoms with Gasteiger partial charge in [0.05, 0.1) is 5.02 Å². The van der Waals surface area contributed by atoms with Crippen LogP contribution in [0.4, 0.5) is 4.79 Å². The van der Waals surface area contributed by atoms with E-state index in [2.05, 4.69) is 20.5 Å². The van der Waals surface area contributed by atoms with Crippen LogP contribution in [-0.4, -0.2) is 32.9 Å². The van der Waals surface area contributed by atoms with Crippen LogP contribution in [0, 0.1) is 0 Å². The van der Waals surface area contributed by atoms with Gasteiger partial charge in [-0.3, -0.25) is 10.1 Å². The minimum atomic E-state index is -0.494. The van der Waals surface area contributed by atoms with E-state index in [1.807, 2.05) is 57.2 Å². The third-order valence-corrected chi connectivity index (χ3v) is 6.08. The molecule has 6 nitrogen and oxygen atoms in total. The molecule has 0 bridgehead atoms. The van der Waals surface area contributed by atoms with Crippen LogP contribution >= 0.6 is 11.6 Å². The first-order chi connectivity index (χ1) is 15.3. The number of nitrogens with zero attached hydrogens (tertiary/aromatic N) is 2. The fourth-order valence-corrected chi connectivity index (χ4v) is 4.54.